The Hall–Kier alpha value is -2.73. The van der Waals surface area contributed by atoms with Crippen molar-refractivity contribution in [2.75, 3.05) is 46.5 Å². The number of likely N-dealkylation sites (N-methyl/N-ethyl adjacent to an activating group) is 1. The lowest BCUT2D eigenvalue weighted by atomic mass is 10.1. The summed E-state index contributed by atoms with van der Waals surface area (Å²) in [5.74, 6) is 2.44. The molecule has 150 valence electrons. The Balaban J connectivity index is 1.32. The molecule has 3 rings (SSSR count). The van der Waals surface area contributed by atoms with Crippen molar-refractivity contribution in [2.24, 2.45) is 0 Å². The molecule has 1 aliphatic heterocycles. The molecule has 0 unspecified atom stereocenters. The highest BCUT2D eigenvalue weighted by atomic mass is 16.6. The summed E-state index contributed by atoms with van der Waals surface area (Å²) in [5.41, 5.74) is 2.28. The Morgan fingerprint density at radius 2 is 1.96 bits per heavy atom. The second-order valence-corrected chi connectivity index (χ2v) is 6.98. The second kappa shape index (κ2) is 9.99. The van der Waals surface area contributed by atoms with Gasteiger partial charge in [0.2, 0.25) is 5.91 Å². The second-order valence-electron chi connectivity index (χ2n) is 6.98. The maximum Gasteiger partial charge on any atom is 0.234 e. The van der Waals surface area contributed by atoms with Crippen LogP contribution in [-0.4, -0.2) is 57.3 Å². The highest BCUT2D eigenvalue weighted by Crippen LogP contribution is 2.30. The molecule has 0 fully saturated rings. The van der Waals surface area contributed by atoms with Crippen LogP contribution >= 0.6 is 0 Å². The fraction of sp³-hybridized carbons (Fsp3) is 0.409. The number of aryl methyl sites for hydroxylation is 1. The van der Waals surface area contributed by atoms with Crippen LogP contribution in [0.5, 0.6) is 17.2 Å². The maximum atomic E-state index is 12.1. The topological polar surface area (TPSA) is 60.0 Å². The highest BCUT2D eigenvalue weighted by molar-refractivity contribution is 5.77. The van der Waals surface area contributed by atoms with Gasteiger partial charge in [0.1, 0.15) is 25.6 Å². The molecule has 0 saturated heterocycles. The van der Waals surface area contributed by atoms with Crippen molar-refractivity contribution in [2.45, 2.75) is 13.3 Å². The number of nitrogens with one attached hydrogen (secondary N) is 1. The molecule has 1 heterocycles. The molecule has 0 aromatic heterocycles. The molecular weight excluding hydrogens is 356 g/mol. The third-order valence-electron chi connectivity index (χ3n) is 4.49. The van der Waals surface area contributed by atoms with Crippen LogP contribution in [0.15, 0.2) is 42.5 Å². The Kier molecular flexibility index (Phi) is 7.14. The molecule has 0 saturated carbocycles. The van der Waals surface area contributed by atoms with Crippen LogP contribution in [-0.2, 0) is 11.2 Å². The quantitative estimate of drug-likeness (QED) is 0.720. The molecule has 1 N–H and O–H groups in total. The molecule has 0 aliphatic carbocycles. The summed E-state index contributed by atoms with van der Waals surface area (Å²) < 4.78 is 16.8. The van der Waals surface area contributed by atoms with E-state index in [4.69, 9.17) is 14.2 Å². The van der Waals surface area contributed by atoms with Crippen molar-refractivity contribution < 1.29 is 19.0 Å². The zero-order chi connectivity index (χ0) is 19.8. The van der Waals surface area contributed by atoms with Crippen LogP contribution in [0, 0.1) is 6.92 Å². The molecule has 6 nitrogen and oxygen atoms in total. The zero-order valence-corrected chi connectivity index (χ0v) is 16.6. The average Bonchev–Trinajstić information content (AvgIpc) is 2.68. The van der Waals surface area contributed by atoms with E-state index in [2.05, 4.69) is 5.32 Å². The summed E-state index contributed by atoms with van der Waals surface area (Å²) in [6.45, 7) is 5.37. The predicted octanol–water partition coefficient (Wildman–Crippen LogP) is 2.44. The van der Waals surface area contributed by atoms with E-state index in [1.807, 2.05) is 61.3 Å². The third kappa shape index (κ3) is 6.16. The number of nitrogens with zero attached hydrogens (tertiary/aromatic N) is 1. The van der Waals surface area contributed by atoms with Gasteiger partial charge in [-0.3, -0.25) is 9.69 Å². The summed E-state index contributed by atoms with van der Waals surface area (Å²) in [4.78, 5) is 14.1. The van der Waals surface area contributed by atoms with Gasteiger partial charge in [0.05, 0.1) is 6.54 Å². The van der Waals surface area contributed by atoms with E-state index < -0.39 is 0 Å². The largest absolute Gasteiger partial charge is 0.492 e. The lowest BCUT2D eigenvalue weighted by Gasteiger charge is -2.19. The van der Waals surface area contributed by atoms with E-state index in [1.54, 1.807) is 0 Å². The van der Waals surface area contributed by atoms with Gasteiger partial charge in [0.15, 0.2) is 11.5 Å². The lowest BCUT2D eigenvalue weighted by molar-refractivity contribution is -0.121. The Morgan fingerprint density at radius 1 is 1.14 bits per heavy atom. The minimum Gasteiger partial charge on any atom is -0.492 e. The number of rotatable bonds is 9. The zero-order valence-electron chi connectivity index (χ0n) is 16.6. The number of benzene rings is 2. The summed E-state index contributed by atoms with van der Waals surface area (Å²) in [5, 5.41) is 2.96. The van der Waals surface area contributed by atoms with Gasteiger partial charge < -0.3 is 19.5 Å². The Morgan fingerprint density at radius 3 is 2.79 bits per heavy atom. The summed E-state index contributed by atoms with van der Waals surface area (Å²) >= 11 is 0. The highest BCUT2D eigenvalue weighted by Gasteiger charge is 2.12. The van der Waals surface area contributed by atoms with Crippen molar-refractivity contribution in [3.05, 3.63) is 53.6 Å². The smallest absolute Gasteiger partial charge is 0.234 e. The fourth-order valence-electron chi connectivity index (χ4n) is 2.99. The van der Waals surface area contributed by atoms with E-state index in [1.165, 1.54) is 5.56 Å². The standard InChI is InChI=1S/C22H28N2O4/c1-17-4-3-5-19(14-17)26-11-10-24(2)16-22(25)23-9-8-18-6-7-20-21(15-18)28-13-12-27-20/h3-7,14-15H,8-13,16H2,1-2H3,(H,23,25). The van der Waals surface area contributed by atoms with E-state index >= 15 is 0 Å². The maximum absolute atomic E-state index is 12.1. The van der Waals surface area contributed by atoms with Gasteiger partial charge in [-0.15, -0.1) is 0 Å². The third-order valence-corrected chi connectivity index (χ3v) is 4.49. The van der Waals surface area contributed by atoms with Gasteiger partial charge in [0, 0.05) is 13.1 Å². The average molecular weight is 384 g/mol. The number of amides is 1. The minimum absolute atomic E-state index is 0.00981. The van der Waals surface area contributed by atoms with Crippen molar-refractivity contribution in [1.29, 1.82) is 0 Å². The summed E-state index contributed by atoms with van der Waals surface area (Å²) in [6, 6.07) is 13.9. The molecule has 1 aliphatic rings. The monoisotopic (exact) mass is 384 g/mol. The molecule has 2 aromatic rings. The Bertz CT molecular complexity index is 794. The number of carbonyl (C=O) groups is 1. The first kappa shape index (κ1) is 20.0. The molecule has 2 aromatic carbocycles. The SMILES string of the molecule is Cc1cccc(OCCN(C)CC(=O)NCCc2ccc3c(c2)OCCO3)c1. The van der Waals surface area contributed by atoms with Crippen molar-refractivity contribution in [1.82, 2.24) is 10.2 Å². The van der Waals surface area contributed by atoms with Crippen LogP contribution in [0.2, 0.25) is 0 Å². The van der Waals surface area contributed by atoms with E-state index in [0.29, 0.717) is 39.5 Å². The van der Waals surface area contributed by atoms with E-state index in [-0.39, 0.29) is 5.91 Å². The van der Waals surface area contributed by atoms with Crippen LogP contribution in [0.3, 0.4) is 0 Å². The van der Waals surface area contributed by atoms with Crippen molar-refractivity contribution in [3.63, 3.8) is 0 Å². The Labute approximate surface area is 166 Å². The lowest BCUT2D eigenvalue weighted by Crippen LogP contribution is -2.37. The summed E-state index contributed by atoms with van der Waals surface area (Å²) in [6.07, 6.45) is 0.753. The number of hydrogen-bond acceptors (Lipinski definition) is 5. The van der Waals surface area contributed by atoms with Gasteiger partial charge in [-0.05, 0) is 55.8 Å². The van der Waals surface area contributed by atoms with Gasteiger partial charge >= 0.3 is 0 Å². The van der Waals surface area contributed by atoms with Gasteiger partial charge in [-0.25, -0.2) is 0 Å². The summed E-state index contributed by atoms with van der Waals surface area (Å²) in [7, 11) is 1.92. The number of ether oxygens (including phenoxy) is 3. The van der Waals surface area contributed by atoms with Crippen LogP contribution in [0.4, 0.5) is 0 Å². The predicted molar refractivity (Wildman–Crippen MR) is 108 cm³/mol. The van der Waals surface area contributed by atoms with Crippen molar-refractivity contribution >= 4 is 5.91 Å². The minimum atomic E-state index is 0.00981. The van der Waals surface area contributed by atoms with Crippen LogP contribution in [0.25, 0.3) is 0 Å². The fourth-order valence-corrected chi connectivity index (χ4v) is 2.99. The molecule has 28 heavy (non-hydrogen) atoms. The number of hydrogen-bond donors (Lipinski definition) is 1. The van der Waals surface area contributed by atoms with Gasteiger partial charge in [-0.1, -0.05) is 18.2 Å². The van der Waals surface area contributed by atoms with Crippen LogP contribution in [0.1, 0.15) is 11.1 Å². The number of carbonyl (C=O) groups excluding carboxylic acids is 1. The first-order valence-electron chi connectivity index (χ1n) is 9.63. The van der Waals surface area contributed by atoms with Gasteiger partial charge in [-0.2, -0.15) is 0 Å². The van der Waals surface area contributed by atoms with Crippen molar-refractivity contribution in [3.8, 4) is 17.2 Å². The normalized spacial score (nSPS) is 12.7. The molecule has 0 atom stereocenters. The molecule has 0 bridgehead atoms. The first-order chi connectivity index (χ1) is 13.6. The van der Waals surface area contributed by atoms with Crippen LogP contribution < -0.4 is 19.5 Å². The molecule has 6 heteroatoms. The molecule has 1 amide bonds. The number of fused-ring (bicyclic) bond motifs is 1. The van der Waals surface area contributed by atoms with Gasteiger partial charge in [0.25, 0.3) is 0 Å². The molecule has 0 radical (unpaired) electrons. The van der Waals surface area contributed by atoms with E-state index in [9.17, 15) is 4.79 Å². The molecular formula is C22H28N2O4. The molecule has 0 spiro atoms. The first-order valence-corrected chi connectivity index (χ1v) is 9.63. The van der Waals surface area contributed by atoms with E-state index in [0.717, 1.165) is 29.2 Å².